The van der Waals surface area contributed by atoms with Gasteiger partial charge in [-0.25, -0.2) is 0 Å². The van der Waals surface area contributed by atoms with Crippen LogP contribution in [0.15, 0.2) is 18.2 Å². The van der Waals surface area contributed by atoms with Crippen molar-refractivity contribution in [2.45, 2.75) is 58.6 Å². The van der Waals surface area contributed by atoms with Crippen molar-refractivity contribution in [1.29, 1.82) is 0 Å². The fraction of sp³-hybridized carbons (Fsp3) is 0.647. The normalized spacial score (nSPS) is 19.3. The van der Waals surface area contributed by atoms with Crippen LogP contribution in [0, 0.1) is 12.8 Å². The van der Waals surface area contributed by atoms with E-state index in [1.807, 2.05) is 0 Å². The zero-order valence-corrected chi connectivity index (χ0v) is 12.7. The molecule has 0 radical (unpaired) electrons. The van der Waals surface area contributed by atoms with Gasteiger partial charge in [-0.15, -0.1) is 0 Å². The minimum Gasteiger partial charge on any atom is -0.490 e. The number of benzene rings is 1. The average molecular weight is 261 g/mol. The topological polar surface area (TPSA) is 21.3 Å². The molecule has 106 valence electrons. The van der Waals surface area contributed by atoms with Crippen LogP contribution < -0.4 is 10.1 Å². The third kappa shape index (κ3) is 3.97. The van der Waals surface area contributed by atoms with E-state index in [4.69, 9.17) is 4.74 Å². The average Bonchev–Trinajstić information content (AvgIpc) is 2.75. The van der Waals surface area contributed by atoms with Crippen LogP contribution in [0.25, 0.3) is 0 Å². The molecule has 1 aliphatic heterocycles. The Hall–Kier alpha value is -1.02. The molecule has 19 heavy (non-hydrogen) atoms. The number of fused-ring (bicyclic) bond motifs is 1. The Morgan fingerprint density at radius 1 is 1.37 bits per heavy atom. The van der Waals surface area contributed by atoms with Gasteiger partial charge in [-0.2, -0.15) is 0 Å². The van der Waals surface area contributed by atoms with Crippen LogP contribution in [0.3, 0.4) is 0 Å². The van der Waals surface area contributed by atoms with Gasteiger partial charge in [0.2, 0.25) is 0 Å². The molecule has 1 aromatic rings. The minimum atomic E-state index is 0.375. The highest BCUT2D eigenvalue weighted by molar-refractivity contribution is 5.40. The summed E-state index contributed by atoms with van der Waals surface area (Å²) in [5, 5.41) is 3.43. The molecule has 0 fully saturated rings. The molecule has 0 aromatic heterocycles. The van der Waals surface area contributed by atoms with E-state index in [1.165, 1.54) is 24.0 Å². The number of ether oxygens (including phenoxy) is 1. The Labute approximate surface area is 117 Å². The maximum absolute atomic E-state index is 6.03. The molecule has 0 amide bonds. The van der Waals surface area contributed by atoms with E-state index in [2.05, 4.69) is 51.3 Å². The van der Waals surface area contributed by atoms with Crippen LogP contribution in [0.4, 0.5) is 0 Å². The van der Waals surface area contributed by atoms with Gasteiger partial charge in [-0.1, -0.05) is 31.5 Å². The van der Waals surface area contributed by atoms with Crippen molar-refractivity contribution in [2.75, 3.05) is 7.05 Å². The molecule has 0 saturated heterocycles. The molecule has 2 heteroatoms. The zero-order valence-electron chi connectivity index (χ0n) is 12.7. The fourth-order valence-electron chi connectivity index (χ4n) is 2.95. The van der Waals surface area contributed by atoms with Crippen LogP contribution in [0.2, 0.25) is 0 Å². The Morgan fingerprint density at radius 3 is 2.84 bits per heavy atom. The van der Waals surface area contributed by atoms with Crippen molar-refractivity contribution in [2.24, 2.45) is 5.92 Å². The van der Waals surface area contributed by atoms with Crippen molar-refractivity contribution in [3.8, 4) is 5.75 Å². The minimum absolute atomic E-state index is 0.375. The molecule has 0 aliphatic carbocycles. The Morgan fingerprint density at radius 2 is 2.16 bits per heavy atom. The van der Waals surface area contributed by atoms with Gasteiger partial charge >= 0.3 is 0 Å². The van der Waals surface area contributed by atoms with Crippen molar-refractivity contribution >= 4 is 0 Å². The molecule has 1 heterocycles. The van der Waals surface area contributed by atoms with Crippen molar-refractivity contribution in [3.63, 3.8) is 0 Å². The van der Waals surface area contributed by atoms with E-state index in [0.29, 0.717) is 12.1 Å². The highest BCUT2D eigenvalue weighted by atomic mass is 16.5. The maximum Gasteiger partial charge on any atom is 0.123 e. The highest BCUT2D eigenvalue weighted by Crippen LogP contribution is 2.31. The number of rotatable bonds is 6. The van der Waals surface area contributed by atoms with Crippen LogP contribution in [-0.2, 0) is 6.42 Å². The first kappa shape index (κ1) is 14.4. The van der Waals surface area contributed by atoms with E-state index in [9.17, 15) is 0 Å². The second-order valence-electron chi connectivity index (χ2n) is 6.25. The van der Waals surface area contributed by atoms with Gasteiger partial charge in [0.05, 0.1) is 0 Å². The molecule has 2 atom stereocenters. The Balaban J connectivity index is 1.83. The Bertz CT molecular complexity index is 414. The molecule has 1 N–H and O–H groups in total. The summed E-state index contributed by atoms with van der Waals surface area (Å²) in [5.41, 5.74) is 2.71. The standard InChI is InChI=1S/C17H27NO/c1-12(2)9-15(18-4)6-7-16-11-14-10-13(3)5-8-17(14)19-16/h5,8,10,12,15-16,18H,6-7,9,11H2,1-4H3. The molecule has 2 unspecified atom stereocenters. The molecule has 2 rings (SSSR count). The first-order valence-electron chi connectivity index (χ1n) is 7.52. The first-order chi connectivity index (χ1) is 9.08. The lowest BCUT2D eigenvalue weighted by Crippen LogP contribution is -2.28. The summed E-state index contributed by atoms with van der Waals surface area (Å²) >= 11 is 0. The molecular weight excluding hydrogens is 234 g/mol. The summed E-state index contributed by atoms with van der Waals surface area (Å²) in [7, 11) is 2.07. The number of nitrogens with one attached hydrogen (secondary N) is 1. The molecular formula is C17H27NO. The third-order valence-corrected chi connectivity index (χ3v) is 3.96. The summed E-state index contributed by atoms with van der Waals surface area (Å²) < 4.78 is 6.03. The molecule has 0 saturated carbocycles. The summed E-state index contributed by atoms with van der Waals surface area (Å²) in [6.45, 7) is 6.72. The summed E-state index contributed by atoms with van der Waals surface area (Å²) in [5.74, 6) is 1.85. The van der Waals surface area contributed by atoms with Crippen LogP contribution in [0.1, 0.15) is 44.2 Å². The van der Waals surface area contributed by atoms with E-state index in [-0.39, 0.29) is 0 Å². The lowest BCUT2D eigenvalue weighted by atomic mass is 9.97. The van der Waals surface area contributed by atoms with Gasteiger partial charge in [0.25, 0.3) is 0 Å². The molecule has 2 nitrogen and oxygen atoms in total. The number of hydrogen-bond donors (Lipinski definition) is 1. The predicted molar refractivity (Wildman–Crippen MR) is 80.8 cm³/mol. The van der Waals surface area contributed by atoms with Crippen LogP contribution in [-0.4, -0.2) is 19.2 Å². The Kier molecular flexibility index (Phi) is 4.87. The second-order valence-corrected chi connectivity index (χ2v) is 6.25. The number of aryl methyl sites for hydroxylation is 1. The van der Waals surface area contributed by atoms with Gasteiger partial charge in [0.15, 0.2) is 0 Å². The predicted octanol–water partition coefficient (Wildman–Crippen LogP) is 3.71. The second kappa shape index (κ2) is 6.42. The molecule has 0 spiro atoms. The largest absolute Gasteiger partial charge is 0.490 e. The summed E-state index contributed by atoms with van der Waals surface area (Å²) in [6, 6.07) is 7.14. The SMILES string of the molecule is CNC(CCC1Cc2cc(C)ccc2O1)CC(C)C. The first-order valence-corrected chi connectivity index (χ1v) is 7.52. The smallest absolute Gasteiger partial charge is 0.123 e. The monoisotopic (exact) mass is 261 g/mol. The third-order valence-electron chi connectivity index (χ3n) is 3.96. The molecule has 0 bridgehead atoms. The molecule has 1 aromatic carbocycles. The van der Waals surface area contributed by atoms with Crippen molar-refractivity contribution < 1.29 is 4.74 Å². The van der Waals surface area contributed by atoms with Gasteiger partial charge < -0.3 is 10.1 Å². The lowest BCUT2D eigenvalue weighted by Gasteiger charge is -2.20. The maximum atomic E-state index is 6.03. The van der Waals surface area contributed by atoms with Crippen LogP contribution in [0.5, 0.6) is 5.75 Å². The van der Waals surface area contributed by atoms with E-state index < -0.39 is 0 Å². The van der Waals surface area contributed by atoms with Crippen LogP contribution >= 0.6 is 0 Å². The lowest BCUT2D eigenvalue weighted by molar-refractivity contribution is 0.208. The van der Waals surface area contributed by atoms with E-state index in [0.717, 1.165) is 24.5 Å². The van der Waals surface area contributed by atoms with Crippen molar-refractivity contribution in [3.05, 3.63) is 29.3 Å². The van der Waals surface area contributed by atoms with E-state index in [1.54, 1.807) is 0 Å². The highest BCUT2D eigenvalue weighted by Gasteiger charge is 2.23. The van der Waals surface area contributed by atoms with Gasteiger partial charge in [0, 0.05) is 12.5 Å². The van der Waals surface area contributed by atoms with Gasteiger partial charge in [0.1, 0.15) is 11.9 Å². The van der Waals surface area contributed by atoms with Gasteiger partial charge in [-0.3, -0.25) is 0 Å². The molecule has 1 aliphatic rings. The summed E-state index contributed by atoms with van der Waals surface area (Å²) in [6.07, 6.45) is 5.04. The number of hydrogen-bond acceptors (Lipinski definition) is 2. The zero-order chi connectivity index (χ0) is 13.8. The van der Waals surface area contributed by atoms with Gasteiger partial charge in [-0.05, 0) is 50.8 Å². The quantitative estimate of drug-likeness (QED) is 0.843. The van der Waals surface area contributed by atoms with Crippen molar-refractivity contribution in [1.82, 2.24) is 5.32 Å². The summed E-state index contributed by atoms with van der Waals surface area (Å²) in [4.78, 5) is 0. The fourth-order valence-corrected chi connectivity index (χ4v) is 2.95. The van der Waals surface area contributed by atoms with E-state index >= 15 is 0 Å².